The standard InChI is InChI=1S/C21H25NO3/c23-20(18-16-6-7-17(13-16)19(18)21(24)25)22-10-8-15(9-11-22)12-14-4-2-1-3-5-14/h1-7,15-19H,8-13H2,(H,24,25)/p-1/t16-,17+,18-,19+/m1/s1. The third-order valence-electron chi connectivity index (χ3n) is 6.31. The summed E-state index contributed by atoms with van der Waals surface area (Å²) in [5.41, 5.74) is 1.35. The van der Waals surface area contributed by atoms with Gasteiger partial charge in [-0.3, -0.25) is 4.79 Å². The van der Waals surface area contributed by atoms with Crippen molar-refractivity contribution < 1.29 is 14.7 Å². The second-order valence-electron chi connectivity index (χ2n) is 7.78. The number of carbonyl (C=O) groups is 2. The van der Waals surface area contributed by atoms with Crippen molar-refractivity contribution >= 4 is 11.9 Å². The first-order valence-electron chi connectivity index (χ1n) is 9.35. The second kappa shape index (κ2) is 6.66. The van der Waals surface area contributed by atoms with Crippen molar-refractivity contribution in [2.75, 3.05) is 13.1 Å². The molecule has 0 N–H and O–H groups in total. The van der Waals surface area contributed by atoms with Crippen LogP contribution in [0.3, 0.4) is 0 Å². The predicted octanol–water partition coefficient (Wildman–Crippen LogP) is 1.66. The molecule has 4 nitrogen and oxygen atoms in total. The topological polar surface area (TPSA) is 60.4 Å². The molecule has 1 saturated heterocycles. The number of carbonyl (C=O) groups excluding carboxylic acids is 2. The van der Waals surface area contributed by atoms with Crippen molar-refractivity contribution in [3.63, 3.8) is 0 Å². The van der Waals surface area contributed by atoms with Gasteiger partial charge in [-0.25, -0.2) is 0 Å². The van der Waals surface area contributed by atoms with Gasteiger partial charge in [-0.1, -0.05) is 42.5 Å². The van der Waals surface area contributed by atoms with E-state index in [1.165, 1.54) is 5.56 Å². The number of fused-ring (bicyclic) bond motifs is 2. The maximum Gasteiger partial charge on any atom is 0.226 e. The van der Waals surface area contributed by atoms with Gasteiger partial charge < -0.3 is 14.8 Å². The molecule has 2 bridgehead atoms. The molecule has 0 spiro atoms. The van der Waals surface area contributed by atoms with E-state index in [0.29, 0.717) is 5.92 Å². The van der Waals surface area contributed by atoms with Gasteiger partial charge in [0.15, 0.2) is 0 Å². The van der Waals surface area contributed by atoms with E-state index in [0.717, 1.165) is 38.8 Å². The first-order valence-corrected chi connectivity index (χ1v) is 9.35. The minimum Gasteiger partial charge on any atom is -0.550 e. The Hall–Kier alpha value is -2.10. The Morgan fingerprint density at radius 3 is 2.28 bits per heavy atom. The number of nitrogens with zero attached hydrogens (tertiary/aromatic N) is 1. The maximum absolute atomic E-state index is 13.0. The van der Waals surface area contributed by atoms with E-state index in [-0.39, 0.29) is 17.7 Å². The Labute approximate surface area is 148 Å². The molecule has 1 amide bonds. The second-order valence-corrected chi connectivity index (χ2v) is 7.78. The van der Waals surface area contributed by atoms with Gasteiger partial charge >= 0.3 is 0 Å². The number of rotatable bonds is 4. The summed E-state index contributed by atoms with van der Waals surface area (Å²) in [5, 5.41) is 11.5. The van der Waals surface area contributed by atoms with Crippen molar-refractivity contribution in [1.29, 1.82) is 0 Å². The van der Waals surface area contributed by atoms with Crippen molar-refractivity contribution in [2.45, 2.75) is 25.7 Å². The van der Waals surface area contributed by atoms with Crippen molar-refractivity contribution in [1.82, 2.24) is 4.90 Å². The number of piperidine rings is 1. The lowest BCUT2D eigenvalue weighted by Gasteiger charge is -2.37. The van der Waals surface area contributed by atoms with E-state index in [1.54, 1.807) is 0 Å². The first-order chi connectivity index (χ1) is 12.1. The van der Waals surface area contributed by atoms with E-state index < -0.39 is 17.8 Å². The van der Waals surface area contributed by atoms with Gasteiger partial charge in [0.25, 0.3) is 0 Å². The van der Waals surface area contributed by atoms with Gasteiger partial charge in [0.1, 0.15) is 0 Å². The highest BCUT2D eigenvalue weighted by Crippen LogP contribution is 2.48. The maximum atomic E-state index is 13.0. The summed E-state index contributed by atoms with van der Waals surface area (Å²) in [6, 6.07) is 10.5. The summed E-state index contributed by atoms with van der Waals surface area (Å²) in [6.45, 7) is 1.49. The Balaban J connectivity index is 1.37. The molecule has 1 saturated carbocycles. The molecule has 2 aliphatic carbocycles. The summed E-state index contributed by atoms with van der Waals surface area (Å²) in [5.74, 6) is -1.40. The third kappa shape index (κ3) is 3.10. The number of amides is 1. The number of aliphatic carboxylic acids is 1. The number of hydrogen-bond acceptors (Lipinski definition) is 3. The summed E-state index contributed by atoms with van der Waals surface area (Å²) in [6.07, 6.45) is 7.83. The van der Waals surface area contributed by atoms with Crippen LogP contribution in [0.2, 0.25) is 0 Å². The van der Waals surface area contributed by atoms with Crippen LogP contribution >= 0.6 is 0 Å². The molecule has 2 fully saturated rings. The van der Waals surface area contributed by atoms with Gasteiger partial charge in [-0.05, 0) is 49.0 Å². The minimum absolute atomic E-state index is 0.0143. The number of allylic oxidation sites excluding steroid dienone is 2. The molecular formula is C21H24NO3-. The van der Waals surface area contributed by atoms with Crippen molar-refractivity contribution in [2.24, 2.45) is 29.6 Å². The van der Waals surface area contributed by atoms with Crippen LogP contribution in [0.25, 0.3) is 0 Å². The lowest BCUT2D eigenvalue weighted by molar-refractivity contribution is -0.313. The highest BCUT2D eigenvalue weighted by atomic mass is 16.4. The Morgan fingerprint density at radius 2 is 1.64 bits per heavy atom. The number of benzene rings is 1. The summed E-state index contributed by atoms with van der Waals surface area (Å²) in [7, 11) is 0. The normalized spacial score (nSPS) is 31.4. The van der Waals surface area contributed by atoms with Crippen molar-refractivity contribution in [3.8, 4) is 0 Å². The van der Waals surface area contributed by atoms with Crippen LogP contribution in [-0.2, 0) is 16.0 Å². The SMILES string of the molecule is O=C([O-])[C@@H]1[C@H](C(=O)N2CCC(Cc3ccccc3)CC2)[C@@H]2C=C[C@H]1C2. The fourth-order valence-corrected chi connectivity index (χ4v) is 5.00. The average molecular weight is 338 g/mol. The molecule has 0 aromatic heterocycles. The molecule has 1 heterocycles. The molecule has 3 aliphatic rings. The lowest BCUT2D eigenvalue weighted by atomic mass is 9.81. The molecule has 4 atom stereocenters. The third-order valence-corrected chi connectivity index (χ3v) is 6.31. The number of carboxylic acids is 1. The highest BCUT2D eigenvalue weighted by Gasteiger charge is 2.50. The van der Waals surface area contributed by atoms with Gasteiger partial charge in [0, 0.05) is 25.0 Å². The quantitative estimate of drug-likeness (QED) is 0.785. The van der Waals surface area contributed by atoms with E-state index in [1.807, 2.05) is 23.1 Å². The van der Waals surface area contributed by atoms with Crippen molar-refractivity contribution in [3.05, 3.63) is 48.0 Å². The Morgan fingerprint density at radius 1 is 1.00 bits per heavy atom. The largest absolute Gasteiger partial charge is 0.550 e. The number of likely N-dealkylation sites (tertiary alicyclic amines) is 1. The fraction of sp³-hybridized carbons (Fsp3) is 0.524. The average Bonchev–Trinajstić information content (AvgIpc) is 3.24. The molecule has 1 aromatic carbocycles. The Kier molecular flexibility index (Phi) is 4.36. The molecular weight excluding hydrogens is 314 g/mol. The number of hydrogen-bond donors (Lipinski definition) is 0. The lowest BCUT2D eigenvalue weighted by Crippen LogP contribution is -2.48. The molecule has 4 rings (SSSR count). The van der Waals surface area contributed by atoms with Gasteiger partial charge in [0.05, 0.1) is 5.92 Å². The van der Waals surface area contributed by atoms with Crippen LogP contribution in [0, 0.1) is 29.6 Å². The minimum atomic E-state index is -1.06. The molecule has 25 heavy (non-hydrogen) atoms. The predicted molar refractivity (Wildman–Crippen MR) is 92.2 cm³/mol. The van der Waals surface area contributed by atoms with Gasteiger partial charge in [-0.15, -0.1) is 0 Å². The highest BCUT2D eigenvalue weighted by molar-refractivity contribution is 5.86. The summed E-state index contributed by atoms with van der Waals surface area (Å²) >= 11 is 0. The molecule has 4 heteroatoms. The summed E-state index contributed by atoms with van der Waals surface area (Å²) in [4.78, 5) is 26.4. The van der Waals surface area contributed by atoms with Crippen LogP contribution in [-0.4, -0.2) is 29.9 Å². The molecule has 0 radical (unpaired) electrons. The van der Waals surface area contributed by atoms with E-state index in [9.17, 15) is 14.7 Å². The smallest absolute Gasteiger partial charge is 0.226 e. The van der Waals surface area contributed by atoms with Crippen LogP contribution in [0.15, 0.2) is 42.5 Å². The van der Waals surface area contributed by atoms with Crippen LogP contribution in [0.4, 0.5) is 0 Å². The van der Waals surface area contributed by atoms with Gasteiger partial charge in [-0.2, -0.15) is 0 Å². The number of carboxylic acid groups (broad SMARTS) is 1. The zero-order valence-electron chi connectivity index (χ0n) is 14.3. The molecule has 1 aromatic rings. The van der Waals surface area contributed by atoms with Gasteiger partial charge in [0.2, 0.25) is 5.91 Å². The monoisotopic (exact) mass is 338 g/mol. The molecule has 132 valence electrons. The molecule has 1 aliphatic heterocycles. The van der Waals surface area contributed by atoms with E-state index >= 15 is 0 Å². The first kappa shape index (κ1) is 16.4. The zero-order chi connectivity index (χ0) is 17.4. The van der Waals surface area contributed by atoms with E-state index in [4.69, 9.17) is 0 Å². The fourth-order valence-electron chi connectivity index (χ4n) is 5.00. The van der Waals surface area contributed by atoms with Crippen LogP contribution in [0.5, 0.6) is 0 Å². The molecule has 0 unspecified atom stereocenters. The Bertz CT molecular complexity index is 676. The van der Waals surface area contributed by atoms with Crippen LogP contribution in [0.1, 0.15) is 24.8 Å². The van der Waals surface area contributed by atoms with E-state index in [2.05, 4.69) is 24.3 Å². The van der Waals surface area contributed by atoms with Crippen LogP contribution < -0.4 is 5.11 Å². The summed E-state index contributed by atoms with van der Waals surface area (Å²) < 4.78 is 0. The zero-order valence-corrected chi connectivity index (χ0v) is 14.3.